The lowest BCUT2D eigenvalue weighted by Crippen LogP contribution is -2.24. The van der Waals surface area contributed by atoms with E-state index in [4.69, 9.17) is 16.3 Å². The molecule has 0 aliphatic rings. The lowest BCUT2D eigenvalue weighted by Gasteiger charge is -2.05. The largest absolute Gasteiger partial charge is 0.445 e. The molecule has 1 aromatic heterocycles. The summed E-state index contributed by atoms with van der Waals surface area (Å²) in [5, 5.41) is 3.09. The number of hydrogen-bond donors (Lipinski definition) is 1. The first-order chi connectivity index (χ1) is 10.7. The first-order valence-corrected chi connectivity index (χ1v) is 7.03. The molecule has 1 heterocycles. The Hall–Kier alpha value is -2.58. The van der Waals surface area contributed by atoms with Gasteiger partial charge in [0.25, 0.3) is 0 Å². The molecule has 1 amide bonds. The molecule has 0 unspecified atom stereocenters. The van der Waals surface area contributed by atoms with Gasteiger partial charge in [-0.2, -0.15) is 0 Å². The lowest BCUT2D eigenvalue weighted by atomic mass is 10.2. The molecule has 5 nitrogen and oxygen atoms in total. The summed E-state index contributed by atoms with van der Waals surface area (Å²) in [7, 11) is 0. The molecule has 22 heavy (non-hydrogen) atoms. The van der Waals surface area contributed by atoms with Crippen LogP contribution < -0.4 is 5.32 Å². The van der Waals surface area contributed by atoms with E-state index in [0.717, 1.165) is 5.56 Å². The van der Waals surface area contributed by atoms with Crippen LogP contribution in [0.1, 0.15) is 17.8 Å². The van der Waals surface area contributed by atoms with Crippen molar-refractivity contribution >= 4 is 17.7 Å². The van der Waals surface area contributed by atoms with Gasteiger partial charge in [0.1, 0.15) is 6.61 Å². The zero-order valence-corrected chi connectivity index (χ0v) is 12.5. The number of nitrogens with zero attached hydrogens (tertiary/aromatic N) is 2. The van der Waals surface area contributed by atoms with Crippen LogP contribution in [0.15, 0.2) is 42.7 Å². The average Bonchev–Trinajstić information content (AvgIpc) is 2.55. The molecule has 2 rings (SSSR count). The quantitative estimate of drug-likeness (QED) is 0.696. The van der Waals surface area contributed by atoms with E-state index in [2.05, 4.69) is 27.1 Å². The summed E-state index contributed by atoms with van der Waals surface area (Å²) in [6, 6.07) is 9.48. The highest BCUT2D eigenvalue weighted by molar-refractivity contribution is 6.30. The van der Waals surface area contributed by atoms with Crippen LogP contribution in [-0.4, -0.2) is 22.6 Å². The Morgan fingerprint density at radius 3 is 2.68 bits per heavy atom. The molecule has 2 aromatic rings. The number of aromatic nitrogens is 2. The molecule has 1 aromatic carbocycles. The number of rotatable bonds is 4. The van der Waals surface area contributed by atoms with Crippen molar-refractivity contribution in [1.82, 2.24) is 15.3 Å². The first kappa shape index (κ1) is 15.8. The van der Waals surface area contributed by atoms with Gasteiger partial charge in [0.05, 0.1) is 17.4 Å². The highest BCUT2D eigenvalue weighted by atomic mass is 35.5. The summed E-state index contributed by atoms with van der Waals surface area (Å²) in [5.74, 6) is 6.04. The summed E-state index contributed by atoms with van der Waals surface area (Å²) in [4.78, 5) is 19.4. The second-order valence-corrected chi connectivity index (χ2v) is 4.70. The molecule has 0 aliphatic carbocycles. The van der Waals surface area contributed by atoms with E-state index in [-0.39, 0.29) is 6.61 Å². The van der Waals surface area contributed by atoms with Crippen molar-refractivity contribution in [3.63, 3.8) is 0 Å². The minimum atomic E-state index is -0.464. The normalized spacial score (nSPS) is 9.50. The fourth-order valence-electron chi connectivity index (χ4n) is 1.52. The number of alkyl carbamates (subject to hydrolysis) is 1. The number of carbonyl (C=O) groups is 1. The van der Waals surface area contributed by atoms with Crippen molar-refractivity contribution in [2.45, 2.75) is 13.0 Å². The molecule has 1 N–H and O–H groups in total. The molecule has 0 spiro atoms. The number of benzene rings is 1. The third-order valence-corrected chi connectivity index (χ3v) is 2.75. The maximum atomic E-state index is 11.5. The van der Waals surface area contributed by atoms with Crippen molar-refractivity contribution in [3.8, 4) is 11.8 Å². The van der Waals surface area contributed by atoms with Crippen LogP contribution in [0, 0.1) is 11.8 Å². The Balaban J connectivity index is 1.64. The average molecular weight is 316 g/mol. The molecule has 6 heteroatoms. The maximum absolute atomic E-state index is 11.5. The predicted octanol–water partition coefficient (Wildman–Crippen LogP) is 2.80. The van der Waals surface area contributed by atoms with Crippen molar-refractivity contribution in [1.29, 1.82) is 0 Å². The van der Waals surface area contributed by atoms with Crippen LogP contribution in [0.2, 0.25) is 5.02 Å². The van der Waals surface area contributed by atoms with Crippen molar-refractivity contribution in [2.75, 3.05) is 6.54 Å². The fraction of sp³-hybridized carbons (Fsp3) is 0.188. The summed E-state index contributed by atoms with van der Waals surface area (Å²) in [5.41, 5.74) is 0.942. The van der Waals surface area contributed by atoms with Gasteiger partial charge in [0, 0.05) is 13.0 Å². The van der Waals surface area contributed by atoms with E-state index in [9.17, 15) is 4.79 Å². The van der Waals surface area contributed by atoms with E-state index < -0.39 is 6.09 Å². The number of halogens is 1. The van der Waals surface area contributed by atoms with E-state index in [1.54, 1.807) is 0 Å². The Morgan fingerprint density at radius 1 is 1.23 bits per heavy atom. The van der Waals surface area contributed by atoms with E-state index in [1.165, 1.54) is 12.4 Å². The molecule has 0 atom stereocenters. The molecule has 0 aliphatic heterocycles. The van der Waals surface area contributed by atoms with Crippen molar-refractivity contribution in [2.24, 2.45) is 0 Å². The van der Waals surface area contributed by atoms with Crippen LogP contribution in [0.25, 0.3) is 0 Å². The Kier molecular flexibility index (Phi) is 6.21. The van der Waals surface area contributed by atoms with Gasteiger partial charge in [-0.3, -0.25) is 0 Å². The SMILES string of the molecule is O=C(NCCC#Cc1ncc(Cl)cn1)OCc1ccccc1. The second kappa shape index (κ2) is 8.65. The topological polar surface area (TPSA) is 64.1 Å². The first-order valence-electron chi connectivity index (χ1n) is 6.65. The summed E-state index contributed by atoms with van der Waals surface area (Å²) in [6.45, 7) is 0.644. The van der Waals surface area contributed by atoms with Crippen LogP contribution >= 0.6 is 11.6 Å². The lowest BCUT2D eigenvalue weighted by molar-refractivity contribution is 0.140. The maximum Gasteiger partial charge on any atom is 0.407 e. The van der Waals surface area contributed by atoms with Gasteiger partial charge in [0.15, 0.2) is 0 Å². The standard InChI is InChI=1S/C16H14ClN3O2/c17-14-10-19-15(20-11-14)8-4-5-9-18-16(21)22-12-13-6-2-1-3-7-13/h1-3,6-7,10-11H,5,9,12H2,(H,18,21). The number of ether oxygens (including phenoxy) is 1. The van der Waals surface area contributed by atoms with Crippen molar-refractivity contribution < 1.29 is 9.53 Å². The fourth-order valence-corrected chi connectivity index (χ4v) is 1.62. The van der Waals surface area contributed by atoms with Crippen molar-refractivity contribution in [3.05, 3.63) is 59.1 Å². The minimum Gasteiger partial charge on any atom is -0.445 e. The summed E-state index contributed by atoms with van der Waals surface area (Å²) < 4.78 is 5.07. The monoisotopic (exact) mass is 315 g/mol. The van der Waals surface area contributed by atoms with Gasteiger partial charge in [-0.25, -0.2) is 14.8 Å². The number of hydrogen-bond acceptors (Lipinski definition) is 4. The van der Waals surface area contributed by atoms with Crippen LogP contribution in [-0.2, 0) is 11.3 Å². The Labute approximate surface area is 133 Å². The molecule has 0 radical (unpaired) electrons. The Bertz CT molecular complexity index is 663. The molecule has 0 saturated carbocycles. The van der Waals surface area contributed by atoms with Gasteiger partial charge in [-0.05, 0) is 11.5 Å². The molecular formula is C16H14ClN3O2. The van der Waals surface area contributed by atoms with E-state index in [0.29, 0.717) is 23.8 Å². The number of nitrogens with one attached hydrogen (secondary N) is 1. The highest BCUT2D eigenvalue weighted by Crippen LogP contribution is 2.02. The minimum absolute atomic E-state index is 0.247. The van der Waals surface area contributed by atoms with E-state index >= 15 is 0 Å². The van der Waals surface area contributed by atoms with Crippen LogP contribution in [0.3, 0.4) is 0 Å². The molecule has 112 valence electrons. The van der Waals surface area contributed by atoms with Gasteiger partial charge in [-0.1, -0.05) is 47.9 Å². The van der Waals surface area contributed by atoms with Gasteiger partial charge < -0.3 is 10.1 Å². The Morgan fingerprint density at radius 2 is 1.95 bits per heavy atom. The zero-order valence-electron chi connectivity index (χ0n) is 11.8. The van der Waals surface area contributed by atoms with Gasteiger partial charge in [0.2, 0.25) is 5.82 Å². The molecule has 0 fully saturated rings. The third kappa shape index (κ3) is 5.81. The molecular weight excluding hydrogens is 302 g/mol. The highest BCUT2D eigenvalue weighted by Gasteiger charge is 2.00. The summed E-state index contributed by atoms with van der Waals surface area (Å²) >= 11 is 5.67. The zero-order chi connectivity index (χ0) is 15.6. The number of carbonyl (C=O) groups excluding carboxylic acids is 1. The smallest absolute Gasteiger partial charge is 0.407 e. The van der Waals surface area contributed by atoms with E-state index in [1.807, 2.05) is 30.3 Å². The molecule has 0 bridgehead atoms. The van der Waals surface area contributed by atoms with Crippen LogP contribution in [0.5, 0.6) is 0 Å². The predicted molar refractivity (Wildman–Crippen MR) is 83.2 cm³/mol. The number of amides is 1. The van der Waals surface area contributed by atoms with Crippen LogP contribution in [0.4, 0.5) is 4.79 Å². The second-order valence-electron chi connectivity index (χ2n) is 4.27. The van der Waals surface area contributed by atoms with Gasteiger partial charge >= 0.3 is 6.09 Å². The molecule has 0 saturated heterocycles. The third-order valence-electron chi connectivity index (χ3n) is 2.55. The van der Waals surface area contributed by atoms with Gasteiger partial charge in [-0.15, -0.1) is 0 Å². The summed E-state index contributed by atoms with van der Waals surface area (Å²) in [6.07, 6.45) is 2.98.